The molecule has 0 aromatic carbocycles. The molecule has 2 unspecified atom stereocenters. The molecule has 0 spiro atoms. The average molecular weight is 285 g/mol. The van der Waals surface area contributed by atoms with Crippen molar-refractivity contribution in [3.63, 3.8) is 0 Å². The first kappa shape index (κ1) is 15.1. The molecule has 0 aliphatic carbocycles. The molecule has 0 aromatic heterocycles. The van der Waals surface area contributed by atoms with Gasteiger partial charge in [-0.1, -0.05) is 0 Å². The van der Waals surface area contributed by atoms with E-state index in [1.54, 1.807) is 0 Å². The molecule has 2 atom stereocenters. The number of hydrogen-bond donors (Lipinski definition) is 2. The summed E-state index contributed by atoms with van der Waals surface area (Å²) in [6.07, 6.45) is 1.54. The van der Waals surface area contributed by atoms with Crippen LogP contribution in [0.1, 0.15) is 19.8 Å². The van der Waals surface area contributed by atoms with Crippen molar-refractivity contribution in [1.82, 2.24) is 15.1 Å². The number of carboxylic acid groups (broad SMARTS) is 1. The summed E-state index contributed by atoms with van der Waals surface area (Å²) in [6, 6.07) is 0.114. The third kappa shape index (κ3) is 3.83. The van der Waals surface area contributed by atoms with Gasteiger partial charge in [-0.05, 0) is 32.9 Å². The van der Waals surface area contributed by atoms with Crippen molar-refractivity contribution < 1.29 is 19.4 Å². The van der Waals surface area contributed by atoms with Gasteiger partial charge in [0.05, 0.1) is 13.2 Å². The minimum absolute atomic E-state index is 0.110. The first-order valence-corrected chi connectivity index (χ1v) is 7.19. The van der Waals surface area contributed by atoms with Gasteiger partial charge >= 0.3 is 12.0 Å². The zero-order valence-electron chi connectivity index (χ0n) is 11.9. The first-order valence-electron chi connectivity index (χ1n) is 7.19. The second-order valence-corrected chi connectivity index (χ2v) is 5.42. The van der Waals surface area contributed by atoms with E-state index in [9.17, 15) is 9.59 Å². The van der Waals surface area contributed by atoms with Crippen LogP contribution in [0.3, 0.4) is 0 Å². The molecule has 2 aliphatic rings. The number of hydrogen-bond acceptors (Lipinski definition) is 4. The largest absolute Gasteiger partial charge is 0.479 e. The number of rotatable bonds is 4. The van der Waals surface area contributed by atoms with Crippen LogP contribution in [0.5, 0.6) is 0 Å². The van der Waals surface area contributed by atoms with Crippen LogP contribution in [0, 0.1) is 0 Å². The van der Waals surface area contributed by atoms with Gasteiger partial charge in [-0.15, -0.1) is 0 Å². The van der Waals surface area contributed by atoms with Crippen LogP contribution in [0.15, 0.2) is 0 Å². The predicted octanol–water partition coefficient (Wildman–Crippen LogP) is -0.0343. The number of carbonyl (C=O) groups excluding carboxylic acids is 1. The van der Waals surface area contributed by atoms with E-state index in [4.69, 9.17) is 9.84 Å². The van der Waals surface area contributed by atoms with E-state index in [1.165, 1.54) is 17.7 Å². The smallest absolute Gasteiger partial charge is 0.334 e. The molecule has 0 bridgehead atoms. The van der Waals surface area contributed by atoms with Gasteiger partial charge in [-0.2, -0.15) is 0 Å². The van der Waals surface area contributed by atoms with Gasteiger partial charge in [0.1, 0.15) is 0 Å². The van der Waals surface area contributed by atoms with Gasteiger partial charge in [-0.3, -0.25) is 4.90 Å². The van der Waals surface area contributed by atoms with Crippen LogP contribution < -0.4 is 5.32 Å². The van der Waals surface area contributed by atoms with Gasteiger partial charge < -0.3 is 20.1 Å². The molecule has 0 aromatic rings. The molecule has 7 heteroatoms. The summed E-state index contributed by atoms with van der Waals surface area (Å²) >= 11 is 0. The standard InChI is InChI=1S/C13H23N3O4/c1-10(15-4-2-3-5-15)8-14-13(19)16-6-7-20-11(9-16)12(17)18/h10-11H,2-9H2,1H3,(H,14,19)(H,17,18). The van der Waals surface area contributed by atoms with Crippen LogP contribution >= 0.6 is 0 Å². The molecule has 2 amide bonds. The highest BCUT2D eigenvalue weighted by Crippen LogP contribution is 2.11. The second-order valence-electron chi connectivity index (χ2n) is 5.42. The Labute approximate surface area is 118 Å². The lowest BCUT2D eigenvalue weighted by atomic mass is 10.2. The highest BCUT2D eigenvalue weighted by molar-refractivity contribution is 5.77. The maximum absolute atomic E-state index is 12.0. The monoisotopic (exact) mass is 285 g/mol. The van der Waals surface area contributed by atoms with Crippen LogP contribution in [0.25, 0.3) is 0 Å². The summed E-state index contributed by atoms with van der Waals surface area (Å²) in [5, 5.41) is 11.8. The van der Waals surface area contributed by atoms with Gasteiger partial charge in [0, 0.05) is 19.1 Å². The van der Waals surface area contributed by atoms with E-state index in [1.807, 2.05) is 0 Å². The highest BCUT2D eigenvalue weighted by atomic mass is 16.5. The zero-order valence-corrected chi connectivity index (χ0v) is 11.9. The maximum Gasteiger partial charge on any atom is 0.334 e. The normalized spacial score (nSPS) is 25.4. The Bertz CT molecular complexity index is 358. The SMILES string of the molecule is CC(CNC(=O)N1CCOC(C(=O)O)C1)N1CCCC1. The lowest BCUT2D eigenvalue weighted by molar-refractivity contribution is -0.154. The van der Waals surface area contributed by atoms with Crippen molar-refractivity contribution in [3.8, 4) is 0 Å². The molecule has 7 nitrogen and oxygen atoms in total. The molecule has 2 rings (SSSR count). The molecular formula is C13H23N3O4. The van der Waals surface area contributed by atoms with E-state index in [-0.39, 0.29) is 19.2 Å². The van der Waals surface area contributed by atoms with E-state index >= 15 is 0 Å². The van der Waals surface area contributed by atoms with Crippen LogP contribution in [-0.4, -0.2) is 78.4 Å². The minimum atomic E-state index is -1.02. The Balaban J connectivity index is 1.74. The Morgan fingerprint density at radius 2 is 2.05 bits per heavy atom. The molecule has 2 heterocycles. The molecule has 2 N–H and O–H groups in total. The van der Waals surface area contributed by atoms with E-state index in [0.717, 1.165) is 13.1 Å². The highest BCUT2D eigenvalue weighted by Gasteiger charge is 2.29. The quantitative estimate of drug-likeness (QED) is 0.758. The number of likely N-dealkylation sites (tertiary alicyclic amines) is 1. The molecular weight excluding hydrogens is 262 g/mol. The number of aliphatic carboxylic acids is 1. The molecule has 114 valence electrons. The van der Waals surface area contributed by atoms with Gasteiger partial charge in [0.25, 0.3) is 0 Å². The predicted molar refractivity (Wildman–Crippen MR) is 72.6 cm³/mol. The molecule has 2 aliphatic heterocycles. The Kier molecular flexibility index (Phi) is 5.19. The Hall–Kier alpha value is -1.34. The lowest BCUT2D eigenvalue weighted by Crippen LogP contribution is -2.53. The fourth-order valence-electron chi connectivity index (χ4n) is 2.64. The van der Waals surface area contributed by atoms with E-state index < -0.39 is 12.1 Å². The summed E-state index contributed by atoms with van der Waals surface area (Å²) in [5.41, 5.74) is 0. The van der Waals surface area contributed by atoms with Crippen LogP contribution in [0.4, 0.5) is 4.79 Å². The van der Waals surface area contributed by atoms with Gasteiger partial charge in [0.2, 0.25) is 0 Å². The summed E-state index contributed by atoms with van der Waals surface area (Å²) in [7, 11) is 0. The van der Waals surface area contributed by atoms with Crippen molar-refractivity contribution in [2.24, 2.45) is 0 Å². The van der Waals surface area contributed by atoms with Crippen molar-refractivity contribution >= 4 is 12.0 Å². The van der Waals surface area contributed by atoms with E-state index in [2.05, 4.69) is 17.1 Å². The van der Waals surface area contributed by atoms with Gasteiger partial charge in [-0.25, -0.2) is 9.59 Å². The summed E-state index contributed by atoms with van der Waals surface area (Å²) in [5.74, 6) is -1.02. The molecule has 2 fully saturated rings. The topological polar surface area (TPSA) is 82.1 Å². The van der Waals surface area contributed by atoms with E-state index in [0.29, 0.717) is 19.1 Å². The first-order chi connectivity index (χ1) is 9.58. The third-order valence-electron chi connectivity index (χ3n) is 3.94. The number of urea groups is 1. The molecule has 20 heavy (non-hydrogen) atoms. The van der Waals surface area contributed by atoms with Crippen molar-refractivity contribution in [2.45, 2.75) is 31.9 Å². The number of nitrogens with one attached hydrogen (secondary N) is 1. The average Bonchev–Trinajstić information content (AvgIpc) is 2.98. The minimum Gasteiger partial charge on any atom is -0.479 e. The van der Waals surface area contributed by atoms with Crippen LogP contribution in [-0.2, 0) is 9.53 Å². The maximum atomic E-state index is 12.0. The molecule has 0 radical (unpaired) electrons. The number of carboxylic acids is 1. The fraction of sp³-hybridized carbons (Fsp3) is 0.846. The van der Waals surface area contributed by atoms with Crippen LogP contribution in [0.2, 0.25) is 0 Å². The van der Waals surface area contributed by atoms with Crippen molar-refractivity contribution in [2.75, 3.05) is 39.3 Å². The summed E-state index contributed by atoms with van der Waals surface area (Å²) < 4.78 is 5.10. The number of carbonyl (C=O) groups is 2. The number of ether oxygens (including phenoxy) is 1. The number of nitrogens with zero attached hydrogens (tertiary/aromatic N) is 2. The molecule has 2 saturated heterocycles. The third-order valence-corrected chi connectivity index (χ3v) is 3.94. The van der Waals surface area contributed by atoms with Crippen molar-refractivity contribution in [1.29, 1.82) is 0 Å². The number of amides is 2. The molecule has 0 saturated carbocycles. The second kappa shape index (κ2) is 6.90. The zero-order chi connectivity index (χ0) is 14.5. The Morgan fingerprint density at radius 3 is 2.70 bits per heavy atom. The fourth-order valence-corrected chi connectivity index (χ4v) is 2.64. The summed E-state index contributed by atoms with van der Waals surface area (Å²) in [4.78, 5) is 26.8. The lowest BCUT2D eigenvalue weighted by Gasteiger charge is -2.32. The van der Waals surface area contributed by atoms with Gasteiger partial charge in [0.15, 0.2) is 6.10 Å². The Morgan fingerprint density at radius 1 is 1.35 bits per heavy atom. The number of morpholine rings is 1. The summed E-state index contributed by atoms with van der Waals surface area (Å²) in [6.45, 7) is 5.70. The van der Waals surface area contributed by atoms with Crippen molar-refractivity contribution in [3.05, 3.63) is 0 Å².